The molecule has 1 saturated heterocycles. The lowest BCUT2D eigenvalue weighted by Gasteiger charge is -2.31. The maximum atomic E-state index is 12.0. The number of carbonyl (C=O) groups is 1. The van der Waals surface area contributed by atoms with Crippen molar-refractivity contribution in [3.05, 3.63) is 27.8 Å². The third-order valence-electron chi connectivity index (χ3n) is 3.33. The van der Waals surface area contributed by atoms with Gasteiger partial charge in [0.1, 0.15) is 0 Å². The summed E-state index contributed by atoms with van der Waals surface area (Å²) in [7, 11) is 0. The van der Waals surface area contributed by atoms with E-state index in [4.69, 9.17) is 5.73 Å². The highest BCUT2D eigenvalue weighted by Crippen LogP contribution is 2.17. The summed E-state index contributed by atoms with van der Waals surface area (Å²) in [4.78, 5) is 13.9. The Labute approximate surface area is 133 Å². The van der Waals surface area contributed by atoms with Crippen molar-refractivity contribution in [3.63, 3.8) is 0 Å². The Morgan fingerprint density at radius 2 is 1.89 bits per heavy atom. The number of hydrogen-bond donors (Lipinski definition) is 2. The molecule has 6 heteroatoms. The molecular formula is C13H19ClIN3O. The molecule has 0 atom stereocenters. The minimum Gasteiger partial charge on any atom is -0.330 e. The molecule has 0 saturated carbocycles. The second-order valence-electron chi connectivity index (χ2n) is 4.60. The van der Waals surface area contributed by atoms with Crippen molar-refractivity contribution in [2.24, 2.45) is 11.7 Å². The second-order valence-corrected chi connectivity index (χ2v) is 5.85. The number of nitrogens with one attached hydrogen (secondary N) is 1. The number of rotatable bonds is 2. The zero-order valence-corrected chi connectivity index (χ0v) is 13.6. The van der Waals surface area contributed by atoms with Crippen molar-refractivity contribution < 1.29 is 4.79 Å². The lowest BCUT2D eigenvalue weighted by atomic mass is 9.97. The number of hydrogen-bond acceptors (Lipinski definition) is 2. The van der Waals surface area contributed by atoms with E-state index in [9.17, 15) is 4.79 Å². The van der Waals surface area contributed by atoms with Crippen molar-refractivity contribution in [3.8, 4) is 0 Å². The molecule has 0 unspecified atom stereocenters. The molecule has 1 aromatic carbocycles. The number of halogens is 2. The van der Waals surface area contributed by atoms with Gasteiger partial charge < -0.3 is 16.0 Å². The monoisotopic (exact) mass is 395 g/mol. The number of carbonyl (C=O) groups excluding carboxylic acids is 1. The molecule has 0 spiro atoms. The van der Waals surface area contributed by atoms with Gasteiger partial charge in [-0.1, -0.05) is 0 Å². The fourth-order valence-electron chi connectivity index (χ4n) is 2.11. The molecular weight excluding hydrogens is 377 g/mol. The lowest BCUT2D eigenvalue weighted by Crippen LogP contribution is -2.42. The summed E-state index contributed by atoms with van der Waals surface area (Å²) in [5, 5.41) is 2.92. The maximum absolute atomic E-state index is 12.0. The summed E-state index contributed by atoms with van der Waals surface area (Å²) in [5.41, 5.74) is 6.49. The number of nitrogens with two attached hydrogens (primary N) is 1. The minimum absolute atomic E-state index is 0. The zero-order valence-electron chi connectivity index (χ0n) is 10.6. The number of anilines is 1. The third kappa shape index (κ3) is 4.81. The van der Waals surface area contributed by atoms with Crippen molar-refractivity contribution >= 4 is 46.7 Å². The van der Waals surface area contributed by atoms with Crippen LogP contribution in [0.1, 0.15) is 12.8 Å². The standard InChI is InChI=1S/C13H18IN3O.ClH/c14-11-1-3-12(4-2-11)16-13(18)17-7-5-10(9-15)6-8-17;/h1-4,10H,5-9,15H2,(H,16,18);1H. The number of nitrogens with zero attached hydrogens (tertiary/aromatic N) is 1. The Kier molecular flexibility index (Phi) is 6.88. The Bertz CT molecular complexity index is 405. The van der Waals surface area contributed by atoms with Crippen LogP contribution in [-0.2, 0) is 0 Å². The van der Waals surface area contributed by atoms with Crippen LogP contribution in [0.15, 0.2) is 24.3 Å². The van der Waals surface area contributed by atoms with E-state index in [2.05, 4.69) is 27.9 Å². The molecule has 106 valence electrons. The second kappa shape index (κ2) is 7.91. The minimum atomic E-state index is -0.00770. The van der Waals surface area contributed by atoms with Gasteiger partial charge in [0.25, 0.3) is 0 Å². The quantitative estimate of drug-likeness (QED) is 0.757. The van der Waals surface area contributed by atoms with Crippen LogP contribution in [-0.4, -0.2) is 30.6 Å². The SMILES string of the molecule is Cl.NCC1CCN(C(=O)Nc2ccc(I)cc2)CC1. The van der Waals surface area contributed by atoms with Crippen LogP contribution >= 0.6 is 35.0 Å². The molecule has 2 amide bonds. The highest BCUT2D eigenvalue weighted by molar-refractivity contribution is 14.1. The van der Waals surface area contributed by atoms with E-state index >= 15 is 0 Å². The van der Waals surface area contributed by atoms with Crippen LogP contribution < -0.4 is 11.1 Å². The normalized spacial score (nSPS) is 15.8. The Balaban J connectivity index is 0.00000180. The average molecular weight is 396 g/mol. The molecule has 1 heterocycles. The molecule has 19 heavy (non-hydrogen) atoms. The first-order valence-electron chi connectivity index (χ1n) is 6.20. The Morgan fingerprint density at radius 1 is 1.32 bits per heavy atom. The first-order chi connectivity index (χ1) is 8.69. The van der Waals surface area contributed by atoms with Gasteiger partial charge in [0.15, 0.2) is 0 Å². The van der Waals surface area contributed by atoms with Gasteiger partial charge in [0.05, 0.1) is 0 Å². The van der Waals surface area contributed by atoms with Crippen LogP contribution in [0.4, 0.5) is 10.5 Å². The molecule has 0 bridgehead atoms. The zero-order chi connectivity index (χ0) is 13.0. The molecule has 2 rings (SSSR count). The fourth-order valence-corrected chi connectivity index (χ4v) is 2.47. The summed E-state index contributed by atoms with van der Waals surface area (Å²) >= 11 is 2.24. The molecule has 1 aliphatic rings. The smallest absolute Gasteiger partial charge is 0.321 e. The average Bonchev–Trinajstić information content (AvgIpc) is 2.41. The van der Waals surface area contributed by atoms with Crippen molar-refractivity contribution in [2.45, 2.75) is 12.8 Å². The van der Waals surface area contributed by atoms with Gasteiger partial charge in [0, 0.05) is 22.3 Å². The van der Waals surface area contributed by atoms with Gasteiger partial charge in [-0.05, 0) is 72.2 Å². The Hall–Kier alpha value is -0.530. The van der Waals surface area contributed by atoms with Crippen molar-refractivity contribution in [1.82, 2.24) is 4.90 Å². The molecule has 0 aliphatic carbocycles. The summed E-state index contributed by atoms with van der Waals surface area (Å²) in [5.74, 6) is 0.576. The van der Waals surface area contributed by atoms with Gasteiger partial charge in [-0.15, -0.1) is 12.4 Å². The predicted molar refractivity (Wildman–Crippen MR) is 88.8 cm³/mol. The van der Waals surface area contributed by atoms with E-state index in [1.165, 1.54) is 0 Å². The van der Waals surface area contributed by atoms with Gasteiger partial charge in [0.2, 0.25) is 0 Å². The number of amides is 2. The van der Waals surface area contributed by atoms with E-state index in [-0.39, 0.29) is 18.4 Å². The van der Waals surface area contributed by atoms with Gasteiger partial charge in [-0.3, -0.25) is 0 Å². The van der Waals surface area contributed by atoms with Crippen LogP contribution in [0, 0.1) is 9.49 Å². The van der Waals surface area contributed by atoms with E-state index in [1.54, 1.807) is 0 Å². The van der Waals surface area contributed by atoms with Gasteiger partial charge >= 0.3 is 6.03 Å². The van der Waals surface area contributed by atoms with Crippen LogP contribution in [0.25, 0.3) is 0 Å². The van der Waals surface area contributed by atoms with Crippen LogP contribution in [0.2, 0.25) is 0 Å². The molecule has 1 aliphatic heterocycles. The first-order valence-corrected chi connectivity index (χ1v) is 7.28. The highest BCUT2D eigenvalue weighted by atomic mass is 127. The van der Waals surface area contributed by atoms with E-state index in [0.29, 0.717) is 5.92 Å². The topological polar surface area (TPSA) is 58.4 Å². The molecule has 0 aromatic heterocycles. The first kappa shape index (κ1) is 16.5. The summed E-state index contributed by atoms with van der Waals surface area (Å²) in [6.45, 7) is 2.34. The highest BCUT2D eigenvalue weighted by Gasteiger charge is 2.21. The number of benzene rings is 1. The van der Waals surface area contributed by atoms with Crippen LogP contribution in [0.3, 0.4) is 0 Å². The third-order valence-corrected chi connectivity index (χ3v) is 4.05. The molecule has 3 N–H and O–H groups in total. The number of piperidine rings is 1. The summed E-state index contributed by atoms with van der Waals surface area (Å²) in [6.07, 6.45) is 2.02. The van der Waals surface area contributed by atoms with E-state index in [1.807, 2.05) is 29.2 Å². The predicted octanol–water partition coefficient (Wildman–Crippen LogP) is 2.92. The molecule has 1 fully saturated rings. The van der Waals surface area contributed by atoms with Crippen LogP contribution in [0.5, 0.6) is 0 Å². The summed E-state index contributed by atoms with van der Waals surface area (Å²) < 4.78 is 1.16. The number of likely N-dealkylation sites (tertiary alicyclic amines) is 1. The van der Waals surface area contributed by atoms with Crippen molar-refractivity contribution in [1.29, 1.82) is 0 Å². The largest absolute Gasteiger partial charge is 0.330 e. The van der Waals surface area contributed by atoms with Gasteiger partial charge in [-0.2, -0.15) is 0 Å². The molecule has 0 radical (unpaired) electrons. The Morgan fingerprint density at radius 3 is 2.42 bits per heavy atom. The molecule has 4 nitrogen and oxygen atoms in total. The lowest BCUT2D eigenvalue weighted by molar-refractivity contribution is 0.184. The van der Waals surface area contributed by atoms with Crippen molar-refractivity contribution in [2.75, 3.05) is 25.0 Å². The van der Waals surface area contributed by atoms with Gasteiger partial charge in [-0.25, -0.2) is 4.79 Å². The maximum Gasteiger partial charge on any atom is 0.321 e. The van der Waals surface area contributed by atoms with E-state index in [0.717, 1.165) is 41.7 Å². The molecule has 1 aromatic rings. The number of urea groups is 1. The van der Waals surface area contributed by atoms with E-state index < -0.39 is 0 Å². The fraction of sp³-hybridized carbons (Fsp3) is 0.462. The summed E-state index contributed by atoms with van der Waals surface area (Å²) in [6, 6.07) is 7.80.